The molecule has 78 valence electrons. The Kier molecular flexibility index (Phi) is 4.12. The second kappa shape index (κ2) is 4.91. The Morgan fingerprint density at radius 3 is 2.62 bits per heavy atom. The molecule has 0 amide bonds. The molecule has 0 radical (unpaired) electrons. The van der Waals surface area contributed by atoms with Gasteiger partial charge in [-0.2, -0.15) is 0 Å². The van der Waals surface area contributed by atoms with Crippen LogP contribution in [0.15, 0.2) is 0 Å². The average Bonchev–Trinajstić information content (AvgIpc) is 2.04. The molecule has 0 aromatic carbocycles. The van der Waals surface area contributed by atoms with E-state index in [1.54, 1.807) is 14.2 Å². The normalized spacial score (nSPS) is 35.5. The third-order valence-corrected chi connectivity index (χ3v) is 2.30. The molecular formula is C9H18O4. The molecule has 13 heavy (non-hydrogen) atoms. The van der Waals surface area contributed by atoms with Gasteiger partial charge >= 0.3 is 0 Å². The monoisotopic (exact) mass is 190 g/mol. The van der Waals surface area contributed by atoms with Crippen LogP contribution in [0.5, 0.6) is 0 Å². The summed E-state index contributed by atoms with van der Waals surface area (Å²) in [6, 6.07) is 0. The number of ether oxygens (including phenoxy) is 3. The van der Waals surface area contributed by atoms with Crippen LogP contribution in [-0.4, -0.2) is 50.3 Å². The van der Waals surface area contributed by atoms with Crippen LogP contribution in [0.1, 0.15) is 13.3 Å². The van der Waals surface area contributed by atoms with Crippen molar-refractivity contribution in [2.45, 2.75) is 37.8 Å². The molecule has 1 aliphatic carbocycles. The van der Waals surface area contributed by atoms with E-state index >= 15 is 0 Å². The van der Waals surface area contributed by atoms with Crippen LogP contribution in [0.3, 0.4) is 0 Å². The highest BCUT2D eigenvalue weighted by Crippen LogP contribution is 2.27. The largest absolute Gasteiger partial charge is 0.390 e. The summed E-state index contributed by atoms with van der Waals surface area (Å²) >= 11 is 0. The Balaban J connectivity index is 2.22. The lowest BCUT2D eigenvalue weighted by atomic mass is 9.88. The fourth-order valence-corrected chi connectivity index (χ4v) is 1.57. The van der Waals surface area contributed by atoms with Crippen molar-refractivity contribution in [3.05, 3.63) is 0 Å². The van der Waals surface area contributed by atoms with Gasteiger partial charge in [-0.3, -0.25) is 0 Å². The summed E-state index contributed by atoms with van der Waals surface area (Å²) < 4.78 is 15.6. The van der Waals surface area contributed by atoms with Crippen molar-refractivity contribution in [2.24, 2.45) is 0 Å². The molecule has 4 heteroatoms. The standard InChI is InChI=1S/C9H18O4/c1-6(5-11-2)13-8-4-7(10)9(8)12-3/h6-10H,4-5H2,1-3H3. The second-order valence-electron chi connectivity index (χ2n) is 3.44. The first-order chi connectivity index (χ1) is 6.19. The van der Waals surface area contributed by atoms with E-state index < -0.39 is 0 Å². The van der Waals surface area contributed by atoms with E-state index in [1.807, 2.05) is 6.92 Å². The lowest BCUT2D eigenvalue weighted by molar-refractivity contribution is -0.200. The topological polar surface area (TPSA) is 47.9 Å². The van der Waals surface area contributed by atoms with Gasteiger partial charge in [-0.05, 0) is 6.92 Å². The summed E-state index contributed by atoms with van der Waals surface area (Å²) in [6.07, 6.45) is 0.196. The molecule has 0 aromatic rings. The van der Waals surface area contributed by atoms with Gasteiger partial charge < -0.3 is 19.3 Å². The van der Waals surface area contributed by atoms with Gasteiger partial charge in [0.1, 0.15) is 6.10 Å². The van der Waals surface area contributed by atoms with Crippen LogP contribution in [0.25, 0.3) is 0 Å². The van der Waals surface area contributed by atoms with E-state index in [0.29, 0.717) is 13.0 Å². The van der Waals surface area contributed by atoms with Crippen LogP contribution in [-0.2, 0) is 14.2 Å². The first-order valence-electron chi connectivity index (χ1n) is 4.54. The van der Waals surface area contributed by atoms with Crippen LogP contribution >= 0.6 is 0 Å². The van der Waals surface area contributed by atoms with Crippen molar-refractivity contribution in [1.82, 2.24) is 0 Å². The van der Waals surface area contributed by atoms with Gasteiger partial charge in [0.15, 0.2) is 0 Å². The summed E-state index contributed by atoms with van der Waals surface area (Å²) in [6.45, 7) is 2.52. The predicted molar refractivity (Wildman–Crippen MR) is 47.6 cm³/mol. The van der Waals surface area contributed by atoms with Gasteiger partial charge in [-0.15, -0.1) is 0 Å². The van der Waals surface area contributed by atoms with Crippen molar-refractivity contribution < 1.29 is 19.3 Å². The predicted octanol–water partition coefficient (Wildman–Crippen LogP) is 0.186. The van der Waals surface area contributed by atoms with E-state index in [4.69, 9.17) is 14.2 Å². The van der Waals surface area contributed by atoms with E-state index in [1.165, 1.54) is 0 Å². The Bertz CT molecular complexity index is 151. The molecule has 1 rings (SSSR count). The van der Waals surface area contributed by atoms with Crippen LogP contribution in [0, 0.1) is 0 Å². The Labute approximate surface area is 78.8 Å². The average molecular weight is 190 g/mol. The fourth-order valence-electron chi connectivity index (χ4n) is 1.57. The number of aliphatic hydroxyl groups is 1. The molecule has 4 nitrogen and oxygen atoms in total. The SMILES string of the molecule is COCC(C)OC1CC(O)C1OC. The molecule has 0 bridgehead atoms. The number of methoxy groups -OCH3 is 2. The summed E-state index contributed by atoms with van der Waals surface area (Å²) in [4.78, 5) is 0. The first-order valence-corrected chi connectivity index (χ1v) is 4.54. The molecule has 1 saturated carbocycles. The van der Waals surface area contributed by atoms with Crippen molar-refractivity contribution in [1.29, 1.82) is 0 Å². The van der Waals surface area contributed by atoms with Crippen molar-refractivity contribution >= 4 is 0 Å². The second-order valence-corrected chi connectivity index (χ2v) is 3.44. The van der Waals surface area contributed by atoms with Crippen LogP contribution < -0.4 is 0 Å². The van der Waals surface area contributed by atoms with Crippen molar-refractivity contribution in [3.63, 3.8) is 0 Å². The Hall–Kier alpha value is -0.160. The molecular weight excluding hydrogens is 172 g/mol. The zero-order valence-electron chi connectivity index (χ0n) is 8.40. The summed E-state index contributed by atoms with van der Waals surface area (Å²) in [7, 11) is 3.23. The number of aliphatic hydroxyl groups excluding tert-OH is 1. The molecule has 1 aliphatic rings. The minimum atomic E-state index is -0.371. The molecule has 4 unspecified atom stereocenters. The maximum atomic E-state index is 9.28. The molecule has 1 fully saturated rings. The first kappa shape index (κ1) is 10.9. The van der Waals surface area contributed by atoms with Gasteiger partial charge in [0.05, 0.1) is 24.9 Å². The highest BCUT2D eigenvalue weighted by Gasteiger charge is 2.41. The molecule has 0 heterocycles. The van der Waals surface area contributed by atoms with E-state index in [-0.39, 0.29) is 24.4 Å². The molecule has 0 saturated heterocycles. The maximum Gasteiger partial charge on any atom is 0.109 e. The Morgan fingerprint density at radius 2 is 2.15 bits per heavy atom. The van der Waals surface area contributed by atoms with Crippen molar-refractivity contribution in [2.75, 3.05) is 20.8 Å². The van der Waals surface area contributed by atoms with E-state index in [0.717, 1.165) is 0 Å². The lowest BCUT2D eigenvalue weighted by Crippen LogP contribution is -2.54. The lowest BCUT2D eigenvalue weighted by Gasteiger charge is -2.41. The number of rotatable bonds is 5. The highest BCUT2D eigenvalue weighted by molar-refractivity contribution is 4.92. The third kappa shape index (κ3) is 2.64. The van der Waals surface area contributed by atoms with Gasteiger partial charge in [-0.25, -0.2) is 0 Å². The van der Waals surface area contributed by atoms with E-state index in [2.05, 4.69) is 0 Å². The zero-order valence-corrected chi connectivity index (χ0v) is 8.40. The quantitative estimate of drug-likeness (QED) is 0.672. The summed E-state index contributed by atoms with van der Waals surface area (Å²) in [5.74, 6) is 0. The van der Waals surface area contributed by atoms with Crippen LogP contribution in [0.4, 0.5) is 0 Å². The fraction of sp³-hybridized carbons (Fsp3) is 1.00. The summed E-state index contributed by atoms with van der Waals surface area (Å²) in [5, 5.41) is 9.28. The molecule has 0 spiro atoms. The van der Waals surface area contributed by atoms with Crippen molar-refractivity contribution in [3.8, 4) is 0 Å². The number of hydrogen-bond acceptors (Lipinski definition) is 4. The highest BCUT2D eigenvalue weighted by atomic mass is 16.6. The number of hydrogen-bond donors (Lipinski definition) is 1. The molecule has 0 aliphatic heterocycles. The zero-order chi connectivity index (χ0) is 9.84. The van der Waals surface area contributed by atoms with E-state index in [9.17, 15) is 5.11 Å². The smallest absolute Gasteiger partial charge is 0.109 e. The van der Waals surface area contributed by atoms with Crippen LogP contribution in [0.2, 0.25) is 0 Å². The third-order valence-electron chi connectivity index (χ3n) is 2.30. The molecule has 1 N–H and O–H groups in total. The van der Waals surface area contributed by atoms with Gasteiger partial charge in [-0.1, -0.05) is 0 Å². The minimum absolute atomic E-state index is 0.0187. The van der Waals surface area contributed by atoms with Gasteiger partial charge in [0, 0.05) is 20.6 Å². The molecule has 0 aromatic heterocycles. The van der Waals surface area contributed by atoms with Gasteiger partial charge in [0.25, 0.3) is 0 Å². The molecule has 4 atom stereocenters. The Morgan fingerprint density at radius 1 is 1.46 bits per heavy atom. The summed E-state index contributed by atoms with van der Waals surface area (Å²) in [5.41, 5.74) is 0. The van der Waals surface area contributed by atoms with Gasteiger partial charge in [0.2, 0.25) is 0 Å². The maximum absolute atomic E-state index is 9.28. The minimum Gasteiger partial charge on any atom is -0.390 e.